The molecule has 0 bridgehead atoms. The van der Waals surface area contributed by atoms with Crippen LogP contribution in [0.25, 0.3) is 0 Å². The van der Waals surface area contributed by atoms with E-state index in [1.165, 1.54) is 30.6 Å². The molecule has 1 heterocycles. The quantitative estimate of drug-likeness (QED) is 0.870. The summed E-state index contributed by atoms with van der Waals surface area (Å²) in [4.78, 5) is 26.6. The highest BCUT2D eigenvalue weighted by Gasteiger charge is 2.56. The van der Waals surface area contributed by atoms with E-state index in [0.29, 0.717) is 22.7 Å². The molecule has 1 aromatic heterocycles. The molecule has 2 unspecified atom stereocenters. The van der Waals surface area contributed by atoms with Gasteiger partial charge in [-0.3, -0.25) is 9.59 Å². The molecule has 0 aliphatic heterocycles. The lowest BCUT2D eigenvalue weighted by molar-refractivity contribution is -0.136. The van der Waals surface area contributed by atoms with Crippen LogP contribution in [0.15, 0.2) is 5.38 Å². The van der Waals surface area contributed by atoms with Gasteiger partial charge in [0.25, 0.3) is 0 Å². The zero-order valence-electron chi connectivity index (χ0n) is 9.76. The van der Waals surface area contributed by atoms with E-state index < -0.39 is 5.97 Å². The first-order chi connectivity index (χ1) is 8.65. The Morgan fingerprint density at radius 1 is 1.44 bits per heavy atom. The number of amides is 1. The molecule has 6 heteroatoms. The van der Waals surface area contributed by atoms with Gasteiger partial charge in [0.2, 0.25) is 5.91 Å². The second kappa shape index (κ2) is 4.35. The molecule has 1 aromatic rings. The molecule has 5 nitrogen and oxygen atoms in total. The van der Waals surface area contributed by atoms with Crippen molar-refractivity contribution in [3.8, 4) is 0 Å². The molecule has 2 saturated carbocycles. The Morgan fingerprint density at radius 2 is 2.17 bits per heavy atom. The van der Waals surface area contributed by atoms with Gasteiger partial charge in [-0.25, -0.2) is 4.98 Å². The molecule has 3 rings (SSSR count). The van der Waals surface area contributed by atoms with Gasteiger partial charge in [0.15, 0.2) is 5.13 Å². The molecule has 1 amide bonds. The molecular weight excluding hydrogens is 252 g/mol. The van der Waals surface area contributed by atoms with E-state index in [1.54, 1.807) is 5.38 Å². The Kier molecular flexibility index (Phi) is 2.81. The lowest BCUT2D eigenvalue weighted by Crippen LogP contribution is -2.16. The number of nitrogens with one attached hydrogen (secondary N) is 1. The van der Waals surface area contributed by atoms with Crippen molar-refractivity contribution in [2.45, 2.75) is 25.7 Å². The van der Waals surface area contributed by atoms with Crippen molar-refractivity contribution >= 4 is 28.3 Å². The van der Waals surface area contributed by atoms with Gasteiger partial charge >= 0.3 is 5.97 Å². The lowest BCUT2D eigenvalue weighted by atomic mass is 10.1. The van der Waals surface area contributed by atoms with E-state index in [2.05, 4.69) is 10.3 Å². The third kappa shape index (κ3) is 2.12. The monoisotopic (exact) mass is 266 g/mol. The number of carboxylic acid groups (broad SMARTS) is 1. The summed E-state index contributed by atoms with van der Waals surface area (Å²) in [6.07, 6.45) is 3.50. The molecule has 96 valence electrons. The zero-order chi connectivity index (χ0) is 12.7. The van der Waals surface area contributed by atoms with Crippen molar-refractivity contribution < 1.29 is 14.7 Å². The first-order valence-corrected chi connectivity index (χ1v) is 7.00. The third-order valence-electron chi connectivity index (χ3n) is 3.82. The fraction of sp³-hybridized carbons (Fsp3) is 0.583. The maximum absolute atomic E-state index is 12.0. The van der Waals surface area contributed by atoms with Crippen molar-refractivity contribution in [1.82, 2.24) is 4.98 Å². The standard InChI is InChI=1S/C12H14N2O3S/c15-9(16)4-6-5-18-12(13-6)14-11(17)10-7-2-1-3-8(7)10/h5,7-8,10H,1-4H2,(H,15,16)(H,13,14,17). The van der Waals surface area contributed by atoms with Crippen LogP contribution in [0.2, 0.25) is 0 Å². The number of hydrogen-bond donors (Lipinski definition) is 2. The van der Waals surface area contributed by atoms with E-state index in [9.17, 15) is 9.59 Å². The Labute approximate surface area is 108 Å². The van der Waals surface area contributed by atoms with Gasteiger partial charge < -0.3 is 10.4 Å². The summed E-state index contributed by atoms with van der Waals surface area (Å²) in [5.74, 6) is 0.494. The van der Waals surface area contributed by atoms with Gasteiger partial charge in [-0.15, -0.1) is 11.3 Å². The second-order valence-electron chi connectivity index (χ2n) is 4.99. The molecule has 2 fully saturated rings. The minimum atomic E-state index is -0.907. The topological polar surface area (TPSA) is 79.3 Å². The molecule has 2 atom stereocenters. The Hall–Kier alpha value is -1.43. The normalized spacial score (nSPS) is 28.8. The number of fused-ring (bicyclic) bond motifs is 1. The molecule has 2 aliphatic rings. The highest BCUT2D eigenvalue weighted by atomic mass is 32.1. The second-order valence-corrected chi connectivity index (χ2v) is 5.85. The number of carbonyl (C=O) groups is 2. The van der Waals surface area contributed by atoms with Crippen molar-refractivity contribution in [3.63, 3.8) is 0 Å². The molecule has 2 aliphatic carbocycles. The highest BCUT2D eigenvalue weighted by molar-refractivity contribution is 7.13. The van der Waals surface area contributed by atoms with Crippen molar-refractivity contribution in [2.24, 2.45) is 17.8 Å². The number of nitrogens with zero attached hydrogens (tertiary/aromatic N) is 1. The number of carboxylic acids is 1. The van der Waals surface area contributed by atoms with Crippen LogP contribution in [0.1, 0.15) is 25.0 Å². The minimum Gasteiger partial charge on any atom is -0.481 e. The Bertz CT molecular complexity index is 489. The number of carbonyl (C=O) groups excluding carboxylic acids is 1. The number of thiazole rings is 1. The zero-order valence-corrected chi connectivity index (χ0v) is 10.6. The van der Waals surface area contributed by atoms with Gasteiger partial charge in [0, 0.05) is 11.3 Å². The summed E-state index contributed by atoms with van der Waals surface area (Å²) < 4.78 is 0. The van der Waals surface area contributed by atoms with Gasteiger partial charge in [0.1, 0.15) is 0 Å². The fourth-order valence-electron chi connectivity index (χ4n) is 3.00. The summed E-state index contributed by atoms with van der Waals surface area (Å²) in [6, 6.07) is 0. The number of aliphatic carboxylic acids is 1. The van der Waals surface area contributed by atoms with E-state index in [0.717, 1.165) is 0 Å². The van der Waals surface area contributed by atoms with Crippen LogP contribution in [-0.2, 0) is 16.0 Å². The van der Waals surface area contributed by atoms with Crippen LogP contribution in [0.3, 0.4) is 0 Å². The summed E-state index contributed by atoms with van der Waals surface area (Å²) in [6.45, 7) is 0. The Morgan fingerprint density at radius 3 is 2.83 bits per heavy atom. The maximum Gasteiger partial charge on any atom is 0.309 e. The molecule has 0 aromatic carbocycles. The van der Waals surface area contributed by atoms with Crippen LogP contribution in [0, 0.1) is 17.8 Å². The first-order valence-electron chi connectivity index (χ1n) is 6.12. The van der Waals surface area contributed by atoms with E-state index in [4.69, 9.17) is 5.11 Å². The number of anilines is 1. The van der Waals surface area contributed by atoms with E-state index >= 15 is 0 Å². The van der Waals surface area contributed by atoms with Gasteiger partial charge in [-0.2, -0.15) is 0 Å². The predicted octanol–water partition coefficient (Wildman–Crippen LogP) is 1.75. The SMILES string of the molecule is O=C(O)Cc1csc(NC(=O)C2C3CCCC32)n1. The largest absolute Gasteiger partial charge is 0.481 e. The lowest BCUT2D eigenvalue weighted by Gasteiger charge is -2.02. The number of hydrogen-bond acceptors (Lipinski definition) is 4. The fourth-order valence-corrected chi connectivity index (χ4v) is 3.71. The van der Waals surface area contributed by atoms with Crippen molar-refractivity contribution in [1.29, 1.82) is 0 Å². The average molecular weight is 266 g/mol. The Balaban J connectivity index is 1.58. The molecular formula is C12H14N2O3S. The van der Waals surface area contributed by atoms with E-state index in [-0.39, 0.29) is 18.2 Å². The molecule has 0 spiro atoms. The average Bonchev–Trinajstić information content (AvgIpc) is 2.66. The molecule has 0 saturated heterocycles. The van der Waals surface area contributed by atoms with Crippen molar-refractivity contribution in [2.75, 3.05) is 5.32 Å². The van der Waals surface area contributed by atoms with Crippen LogP contribution in [-0.4, -0.2) is 22.0 Å². The molecule has 18 heavy (non-hydrogen) atoms. The number of rotatable bonds is 4. The highest BCUT2D eigenvalue weighted by Crippen LogP contribution is 2.57. The minimum absolute atomic E-state index is 0.0564. The first kappa shape index (κ1) is 11.6. The maximum atomic E-state index is 12.0. The summed E-state index contributed by atoms with van der Waals surface area (Å²) >= 11 is 1.29. The summed E-state index contributed by atoms with van der Waals surface area (Å²) in [5.41, 5.74) is 0.499. The van der Waals surface area contributed by atoms with Crippen LogP contribution in [0.4, 0.5) is 5.13 Å². The molecule has 2 N–H and O–H groups in total. The predicted molar refractivity (Wildman–Crippen MR) is 66.4 cm³/mol. The van der Waals surface area contributed by atoms with Crippen LogP contribution in [0.5, 0.6) is 0 Å². The van der Waals surface area contributed by atoms with Crippen molar-refractivity contribution in [3.05, 3.63) is 11.1 Å². The van der Waals surface area contributed by atoms with Gasteiger partial charge in [-0.1, -0.05) is 6.42 Å². The van der Waals surface area contributed by atoms with E-state index in [1.807, 2.05) is 0 Å². The smallest absolute Gasteiger partial charge is 0.309 e. The van der Waals surface area contributed by atoms with Crippen LogP contribution < -0.4 is 5.32 Å². The number of aromatic nitrogens is 1. The molecule has 0 radical (unpaired) electrons. The summed E-state index contributed by atoms with van der Waals surface area (Å²) in [5, 5.41) is 13.6. The summed E-state index contributed by atoms with van der Waals surface area (Å²) in [7, 11) is 0. The van der Waals surface area contributed by atoms with Crippen LogP contribution >= 0.6 is 11.3 Å². The third-order valence-corrected chi connectivity index (χ3v) is 4.63. The van der Waals surface area contributed by atoms with Gasteiger partial charge in [0.05, 0.1) is 12.1 Å². The van der Waals surface area contributed by atoms with Gasteiger partial charge in [-0.05, 0) is 24.7 Å².